The molecule has 1 heterocycles. The Morgan fingerprint density at radius 1 is 1.07 bits per heavy atom. The lowest BCUT2D eigenvalue weighted by molar-refractivity contribution is -0.384. The van der Waals surface area contributed by atoms with E-state index in [-0.39, 0.29) is 23.6 Å². The number of nitro benzene ring substituents is 1. The lowest BCUT2D eigenvalue weighted by Gasteiger charge is -2.24. The van der Waals surface area contributed by atoms with Gasteiger partial charge in [0.15, 0.2) is 11.5 Å². The van der Waals surface area contributed by atoms with E-state index >= 15 is 0 Å². The monoisotopic (exact) mass is 370 g/mol. The highest BCUT2D eigenvalue weighted by Crippen LogP contribution is 2.34. The molecule has 2 aromatic carbocycles. The van der Waals surface area contributed by atoms with Gasteiger partial charge in [-0.15, -0.1) is 0 Å². The molecule has 1 amide bonds. The molecule has 27 heavy (non-hydrogen) atoms. The average Bonchev–Trinajstić information content (AvgIpc) is 2.90. The number of fused-ring (bicyclic) bond motifs is 1. The highest BCUT2D eigenvalue weighted by Gasteiger charge is 2.22. The van der Waals surface area contributed by atoms with Crippen LogP contribution in [0.4, 0.5) is 5.69 Å². The summed E-state index contributed by atoms with van der Waals surface area (Å²) in [5, 5.41) is 13.8. The Bertz CT molecular complexity index is 833. The summed E-state index contributed by atoms with van der Waals surface area (Å²) in [7, 11) is 0. The summed E-state index contributed by atoms with van der Waals surface area (Å²) in [6.07, 6.45) is 0.828. The lowest BCUT2D eigenvalue weighted by atomic mass is 9.95. The van der Waals surface area contributed by atoms with Gasteiger partial charge in [-0.25, -0.2) is 0 Å². The first-order valence-electron chi connectivity index (χ1n) is 8.90. The number of amides is 1. The standard InChI is InChI=1S/C20H22N2O5/c1-13(2)19(15-6-9-17-18(12-15)27-11-3-10-26-17)21-20(23)14-4-7-16(8-5-14)22(24)25/h4-9,12-13,19H,3,10-11H2,1-2H3,(H,21,23)/t19-/m1/s1. The van der Waals surface area contributed by atoms with Crippen molar-refractivity contribution in [2.24, 2.45) is 5.92 Å². The third kappa shape index (κ3) is 4.36. The molecule has 1 N–H and O–H groups in total. The Morgan fingerprint density at radius 2 is 1.74 bits per heavy atom. The van der Waals surface area contributed by atoms with Crippen molar-refractivity contribution in [1.82, 2.24) is 5.32 Å². The minimum atomic E-state index is -0.490. The number of ether oxygens (including phenoxy) is 2. The molecule has 1 aliphatic heterocycles. The zero-order chi connectivity index (χ0) is 19.4. The molecule has 7 nitrogen and oxygen atoms in total. The molecule has 0 fully saturated rings. The van der Waals surface area contributed by atoms with Gasteiger partial charge in [-0.2, -0.15) is 0 Å². The van der Waals surface area contributed by atoms with Gasteiger partial charge in [0.1, 0.15) is 0 Å². The number of hydrogen-bond acceptors (Lipinski definition) is 5. The number of carbonyl (C=O) groups is 1. The first-order chi connectivity index (χ1) is 13.0. The van der Waals surface area contributed by atoms with Crippen LogP contribution in [0, 0.1) is 16.0 Å². The Balaban J connectivity index is 1.80. The number of non-ortho nitro benzene ring substituents is 1. The van der Waals surface area contributed by atoms with E-state index in [1.165, 1.54) is 24.3 Å². The molecule has 0 saturated heterocycles. The van der Waals surface area contributed by atoms with Crippen LogP contribution in [-0.2, 0) is 0 Å². The smallest absolute Gasteiger partial charge is 0.269 e. The maximum absolute atomic E-state index is 12.6. The van der Waals surface area contributed by atoms with E-state index in [4.69, 9.17) is 9.47 Å². The van der Waals surface area contributed by atoms with Crippen LogP contribution in [-0.4, -0.2) is 24.0 Å². The van der Waals surface area contributed by atoms with Crippen LogP contribution < -0.4 is 14.8 Å². The van der Waals surface area contributed by atoms with Crippen LogP contribution in [0.2, 0.25) is 0 Å². The number of hydrogen-bond donors (Lipinski definition) is 1. The van der Waals surface area contributed by atoms with Gasteiger partial charge >= 0.3 is 0 Å². The summed E-state index contributed by atoms with van der Waals surface area (Å²) in [6.45, 7) is 5.25. The van der Waals surface area contributed by atoms with E-state index in [0.29, 0.717) is 30.3 Å². The molecular formula is C20H22N2O5. The number of benzene rings is 2. The van der Waals surface area contributed by atoms with E-state index < -0.39 is 4.92 Å². The fraction of sp³-hybridized carbons (Fsp3) is 0.350. The van der Waals surface area contributed by atoms with Crippen molar-refractivity contribution in [2.75, 3.05) is 13.2 Å². The second-order valence-corrected chi connectivity index (χ2v) is 6.76. The van der Waals surface area contributed by atoms with Crippen molar-refractivity contribution in [3.8, 4) is 11.5 Å². The number of nitrogens with zero attached hydrogens (tertiary/aromatic N) is 1. The van der Waals surface area contributed by atoms with Crippen LogP contribution in [0.5, 0.6) is 11.5 Å². The van der Waals surface area contributed by atoms with Crippen LogP contribution in [0.3, 0.4) is 0 Å². The predicted octanol–water partition coefficient (Wildman–Crippen LogP) is 3.88. The first kappa shape index (κ1) is 18.7. The summed E-state index contributed by atoms with van der Waals surface area (Å²) in [5.74, 6) is 1.24. The van der Waals surface area contributed by atoms with Crippen LogP contribution >= 0.6 is 0 Å². The molecule has 0 bridgehead atoms. The van der Waals surface area contributed by atoms with Gasteiger partial charge in [-0.05, 0) is 35.7 Å². The number of rotatable bonds is 5. The summed E-state index contributed by atoms with van der Waals surface area (Å²) in [4.78, 5) is 22.9. The van der Waals surface area contributed by atoms with Gasteiger partial charge < -0.3 is 14.8 Å². The van der Waals surface area contributed by atoms with Crippen LogP contribution in [0.15, 0.2) is 42.5 Å². The van der Waals surface area contributed by atoms with Crippen molar-refractivity contribution in [3.63, 3.8) is 0 Å². The van der Waals surface area contributed by atoms with Crippen LogP contribution in [0.1, 0.15) is 42.2 Å². The zero-order valence-corrected chi connectivity index (χ0v) is 15.3. The Kier molecular flexibility index (Phi) is 5.59. The van der Waals surface area contributed by atoms with Gasteiger partial charge in [-0.1, -0.05) is 19.9 Å². The number of carbonyl (C=O) groups excluding carboxylic acids is 1. The van der Waals surface area contributed by atoms with E-state index in [9.17, 15) is 14.9 Å². The molecule has 0 radical (unpaired) electrons. The first-order valence-corrected chi connectivity index (χ1v) is 8.90. The van der Waals surface area contributed by atoms with E-state index in [2.05, 4.69) is 5.32 Å². The lowest BCUT2D eigenvalue weighted by Crippen LogP contribution is -2.31. The highest BCUT2D eigenvalue weighted by atomic mass is 16.6. The van der Waals surface area contributed by atoms with Crippen molar-refractivity contribution < 1.29 is 19.2 Å². The molecule has 0 aromatic heterocycles. The second-order valence-electron chi connectivity index (χ2n) is 6.76. The highest BCUT2D eigenvalue weighted by molar-refractivity contribution is 5.94. The topological polar surface area (TPSA) is 90.7 Å². The van der Waals surface area contributed by atoms with E-state index in [1.807, 2.05) is 32.0 Å². The third-order valence-corrected chi connectivity index (χ3v) is 4.42. The molecule has 0 unspecified atom stereocenters. The molecule has 142 valence electrons. The number of nitrogens with one attached hydrogen (secondary N) is 1. The van der Waals surface area contributed by atoms with E-state index in [0.717, 1.165) is 12.0 Å². The maximum atomic E-state index is 12.6. The minimum Gasteiger partial charge on any atom is -0.490 e. The number of nitro groups is 1. The van der Waals surface area contributed by atoms with Gasteiger partial charge in [0.25, 0.3) is 11.6 Å². The fourth-order valence-corrected chi connectivity index (χ4v) is 2.97. The summed E-state index contributed by atoms with van der Waals surface area (Å²) >= 11 is 0. The molecule has 0 spiro atoms. The summed E-state index contributed by atoms with van der Waals surface area (Å²) in [5.41, 5.74) is 1.25. The van der Waals surface area contributed by atoms with Crippen molar-refractivity contribution in [2.45, 2.75) is 26.3 Å². The molecule has 1 atom stereocenters. The van der Waals surface area contributed by atoms with Gasteiger partial charge in [0.2, 0.25) is 0 Å². The van der Waals surface area contributed by atoms with Gasteiger partial charge in [0, 0.05) is 24.1 Å². The van der Waals surface area contributed by atoms with Gasteiger partial charge in [-0.3, -0.25) is 14.9 Å². The Labute approximate surface area is 157 Å². The largest absolute Gasteiger partial charge is 0.490 e. The molecule has 7 heteroatoms. The fourth-order valence-electron chi connectivity index (χ4n) is 2.97. The zero-order valence-electron chi connectivity index (χ0n) is 15.3. The molecule has 0 aliphatic carbocycles. The molecule has 1 aliphatic rings. The predicted molar refractivity (Wildman–Crippen MR) is 100 cm³/mol. The Hall–Kier alpha value is -3.09. The Morgan fingerprint density at radius 3 is 2.37 bits per heavy atom. The van der Waals surface area contributed by atoms with Crippen molar-refractivity contribution in [3.05, 3.63) is 63.7 Å². The summed E-state index contributed by atoms with van der Waals surface area (Å²) < 4.78 is 11.4. The minimum absolute atomic E-state index is 0.0464. The second kappa shape index (κ2) is 8.07. The molecular weight excluding hydrogens is 348 g/mol. The molecule has 2 aromatic rings. The maximum Gasteiger partial charge on any atom is 0.269 e. The van der Waals surface area contributed by atoms with E-state index in [1.54, 1.807) is 0 Å². The van der Waals surface area contributed by atoms with Crippen molar-refractivity contribution in [1.29, 1.82) is 0 Å². The van der Waals surface area contributed by atoms with Crippen LogP contribution in [0.25, 0.3) is 0 Å². The summed E-state index contributed by atoms with van der Waals surface area (Å²) in [6, 6.07) is 11.0. The normalized spacial score (nSPS) is 14.3. The average molecular weight is 370 g/mol. The quantitative estimate of drug-likeness (QED) is 0.637. The SMILES string of the molecule is CC(C)[C@@H](NC(=O)c1ccc([N+](=O)[O-])cc1)c1ccc2c(c1)OCCCO2. The molecule has 0 saturated carbocycles. The molecule has 3 rings (SSSR count). The van der Waals surface area contributed by atoms with Gasteiger partial charge in [0.05, 0.1) is 24.2 Å². The van der Waals surface area contributed by atoms with Crippen molar-refractivity contribution >= 4 is 11.6 Å². The third-order valence-electron chi connectivity index (χ3n) is 4.42.